The molecule has 0 aliphatic heterocycles. The largest absolute Gasteiger partial charge is 0.493 e. The molecule has 0 spiro atoms. The van der Waals surface area contributed by atoms with Crippen LogP contribution in [0.25, 0.3) is 0 Å². The topological polar surface area (TPSA) is 106 Å². The van der Waals surface area contributed by atoms with Crippen LogP contribution in [0.2, 0.25) is 0 Å². The van der Waals surface area contributed by atoms with E-state index in [0.717, 1.165) is 0 Å². The molecule has 0 atom stereocenters. The number of carbonyl (C=O) groups excluding carboxylic acids is 1. The van der Waals surface area contributed by atoms with E-state index in [1.54, 1.807) is 18.2 Å². The lowest BCUT2D eigenvalue weighted by atomic mass is 10.2. The average Bonchev–Trinajstić information content (AvgIpc) is 3.08. The molecule has 0 fully saturated rings. The highest BCUT2D eigenvalue weighted by Gasteiger charge is 2.16. The van der Waals surface area contributed by atoms with Crippen LogP contribution in [0.1, 0.15) is 21.9 Å². The summed E-state index contributed by atoms with van der Waals surface area (Å²) in [5, 5.41) is 3.47. The molecule has 0 saturated carbocycles. The van der Waals surface area contributed by atoms with Crippen molar-refractivity contribution in [1.29, 1.82) is 0 Å². The Morgan fingerprint density at radius 3 is 2.42 bits per heavy atom. The molecule has 0 aliphatic rings. The number of carbonyl (C=O) groups is 1. The van der Waals surface area contributed by atoms with Gasteiger partial charge in [0.05, 0.1) is 27.5 Å². The van der Waals surface area contributed by atoms with Crippen LogP contribution < -0.4 is 20.1 Å². The van der Waals surface area contributed by atoms with Crippen LogP contribution in [-0.4, -0.2) is 33.5 Å². The molecule has 2 rings (SSSR count). The van der Waals surface area contributed by atoms with Crippen molar-refractivity contribution in [2.45, 2.75) is 6.61 Å². The van der Waals surface area contributed by atoms with Gasteiger partial charge in [-0.2, -0.15) is 5.10 Å². The van der Waals surface area contributed by atoms with Crippen LogP contribution in [-0.2, 0) is 11.3 Å². The van der Waals surface area contributed by atoms with E-state index in [0.29, 0.717) is 28.6 Å². The first-order chi connectivity index (χ1) is 11.6. The number of rotatable bonds is 7. The van der Waals surface area contributed by atoms with E-state index >= 15 is 0 Å². The SMILES string of the molecule is COC(=O)c1ccc(COc2c(OC)cc(C=NN)cc2OC)o1. The van der Waals surface area contributed by atoms with Gasteiger partial charge in [-0.05, 0) is 24.3 Å². The Kier molecular flexibility index (Phi) is 5.67. The summed E-state index contributed by atoms with van der Waals surface area (Å²) < 4.78 is 26.3. The number of methoxy groups -OCH3 is 3. The molecule has 1 aromatic heterocycles. The Morgan fingerprint density at radius 2 is 1.88 bits per heavy atom. The van der Waals surface area contributed by atoms with Gasteiger partial charge >= 0.3 is 5.97 Å². The molecule has 0 aliphatic carbocycles. The van der Waals surface area contributed by atoms with Crippen LogP contribution in [0.5, 0.6) is 17.2 Å². The van der Waals surface area contributed by atoms with E-state index in [-0.39, 0.29) is 12.4 Å². The van der Waals surface area contributed by atoms with Crippen molar-refractivity contribution in [2.75, 3.05) is 21.3 Å². The fourth-order valence-corrected chi connectivity index (χ4v) is 2.01. The Balaban J connectivity index is 2.22. The summed E-state index contributed by atoms with van der Waals surface area (Å²) in [6.45, 7) is 0.0774. The van der Waals surface area contributed by atoms with E-state index < -0.39 is 5.97 Å². The van der Waals surface area contributed by atoms with Gasteiger partial charge in [0.1, 0.15) is 12.4 Å². The molecule has 2 aromatic rings. The van der Waals surface area contributed by atoms with Crippen LogP contribution in [0.4, 0.5) is 0 Å². The van der Waals surface area contributed by atoms with Crippen molar-refractivity contribution in [1.82, 2.24) is 0 Å². The first-order valence-corrected chi connectivity index (χ1v) is 6.92. The van der Waals surface area contributed by atoms with Crippen molar-refractivity contribution >= 4 is 12.2 Å². The van der Waals surface area contributed by atoms with E-state index in [1.165, 1.54) is 33.6 Å². The maximum atomic E-state index is 11.4. The van der Waals surface area contributed by atoms with Gasteiger partial charge in [-0.3, -0.25) is 0 Å². The molecule has 1 aromatic carbocycles. The number of hydrogen-bond acceptors (Lipinski definition) is 8. The van der Waals surface area contributed by atoms with Gasteiger partial charge in [0, 0.05) is 5.56 Å². The number of ether oxygens (including phenoxy) is 4. The van der Waals surface area contributed by atoms with Crippen LogP contribution in [0.15, 0.2) is 33.8 Å². The van der Waals surface area contributed by atoms with Crippen molar-refractivity contribution < 1.29 is 28.2 Å². The Morgan fingerprint density at radius 1 is 1.21 bits per heavy atom. The van der Waals surface area contributed by atoms with Crippen LogP contribution >= 0.6 is 0 Å². The molecule has 8 nitrogen and oxygen atoms in total. The van der Waals surface area contributed by atoms with E-state index in [9.17, 15) is 4.79 Å². The van der Waals surface area contributed by atoms with Gasteiger partial charge in [-0.1, -0.05) is 0 Å². The predicted octanol–water partition coefficient (Wildman–Crippen LogP) is 1.95. The lowest BCUT2D eigenvalue weighted by molar-refractivity contribution is 0.0560. The van der Waals surface area contributed by atoms with Gasteiger partial charge in [0.2, 0.25) is 11.5 Å². The molecule has 0 bridgehead atoms. The molecular formula is C16H18N2O6. The van der Waals surface area contributed by atoms with Crippen molar-refractivity contribution in [3.05, 3.63) is 41.3 Å². The summed E-state index contributed by atoms with van der Waals surface area (Å²) in [5.41, 5.74) is 0.699. The summed E-state index contributed by atoms with van der Waals surface area (Å²) in [4.78, 5) is 11.4. The van der Waals surface area contributed by atoms with E-state index in [2.05, 4.69) is 9.84 Å². The fourth-order valence-electron chi connectivity index (χ4n) is 2.01. The molecule has 8 heteroatoms. The lowest BCUT2D eigenvalue weighted by Crippen LogP contribution is -2.01. The minimum absolute atomic E-state index is 0.0774. The fraction of sp³-hybridized carbons (Fsp3) is 0.250. The zero-order chi connectivity index (χ0) is 17.5. The number of esters is 1. The average molecular weight is 334 g/mol. The molecule has 0 unspecified atom stereocenters. The molecule has 0 radical (unpaired) electrons. The van der Waals surface area contributed by atoms with Gasteiger partial charge < -0.3 is 29.2 Å². The Labute approximate surface area is 138 Å². The third-order valence-electron chi connectivity index (χ3n) is 3.11. The zero-order valence-corrected chi connectivity index (χ0v) is 13.6. The lowest BCUT2D eigenvalue weighted by Gasteiger charge is -2.14. The minimum Gasteiger partial charge on any atom is -0.493 e. The van der Waals surface area contributed by atoms with Crippen molar-refractivity contribution in [2.24, 2.45) is 10.9 Å². The maximum Gasteiger partial charge on any atom is 0.373 e. The second-order valence-electron chi connectivity index (χ2n) is 4.58. The highest BCUT2D eigenvalue weighted by Crippen LogP contribution is 2.38. The Hall–Kier alpha value is -3.16. The highest BCUT2D eigenvalue weighted by molar-refractivity contribution is 5.86. The van der Waals surface area contributed by atoms with Crippen LogP contribution in [0.3, 0.4) is 0 Å². The summed E-state index contributed by atoms with van der Waals surface area (Å²) in [6, 6.07) is 6.55. The second-order valence-corrected chi connectivity index (χ2v) is 4.58. The summed E-state index contributed by atoms with van der Waals surface area (Å²) in [5.74, 6) is 6.45. The number of nitrogens with two attached hydrogens (primary N) is 1. The van der Waals surface area contributed by atoms with E-state index in [4.69, 9.17) is 24.5 Å². The third-order valence-corrected chi connectivity index (χ3v) is 3.11. The normalized spacial score (nSPS) is 10.6. The van der Waals surface area contributed by atoms with E-state index in [1.807, 2.05) is 0 Å². The monoisotopic (exact) mass is 334 g/mol. The molecule has 1 heterocycles. The van der Waals surface area contributed by atoms with Crippen molar-refractivity contribution in [3.63, 3.8) is 0 Å². The minimum atomic E-state index is -0.554. The second kappa shape index (κ2) is 7.91. The summed E-state index contributed by atoms with van der Waals surface area (Å²) in [7, 11) is 4.30. The third kappa shape index (κ3) is 3.78. The van der Waals surface area contributed by atoms with Crippen LogP contribution in [0, 0.1) is 0 Å². The standard InChI is InChI=1S/C16H18N2O6/c1-20-13-6-10(8-18-17)7-14(21-2)15(13)23-9-11-4-5-12(24-11)16(19)22-3/h4-8H,9,17H2,1-3H3. The number of benzene rings is 1. The number of hydrogen-bond donors (Lipinski definition) is 1. The number of nitrogens with zero attached hydrogens (tertiary/aromatic N) is 1. The highest BCUT2D eigenvalue weighted by atomic mass is 16.5. The smallest absolute Gasteiger partial charge is 0.373 e. The van der Waals surface area contributed by atoms with Gasteiger partial charge in [-0.25, -0.2) is 4.79 Å². The summed E-state index contributed by atoms with van der Waals surface area (Å²) >= 11 is 0. The van der Waals surface area contributed by atoms with Gasteiger partial charge in [0.15, 0.2) is 11.5 Å². The molecule has 0 saturated heterocycles. The van der Waals surface area contributed by atoms with Gasteiger partial charge in [-0.15, -0.1) is 0 Å². The molecule has 128 valence electrons. The number of hydrazone groups is 1. The first-order valence-electron chi connectivity index (χ1n) is 6.92. The maximum absolute atomic E-state index is 11.4. The number of furan rings is 1. The molecular weight excluding hydrogens is 316 g/mol. The summed E-state index contributed by atoms with van der Waals surface area (Å²) in [6.07, 6.45) is 1.46. The first kappa shape index (κ1) is 17.2. The van der Waals surface area contributed by atoms with Crippen molar-refractivity contribution in [3.8, 4) is 17.2 Å². The zero-order valence-electron chi connectivity index (χ0n) is 13.6. The molecule has 2 N–H and O–H groups in total. The quantitative estimate of drug-likeness (QED) is 0.357. The Bertz CT molecular complexity index is 713. The molecule has 24 heavy (non-hydrogen) atoms. The van der Waals surface area contributed by atoms with Gasteiger partial charge in [0.25, 0.3) is 0 Å². The predicted molar refractivity (Wildman–Crippen MR) is 85.7 cm³/mol. The molecule has 0 amide bonds.